The molecule has 0 atom stereocenters. The summed E-state index contributed by atoms with van der Waals surface area (Å²) in [4.78, 5) is 4.03. The number of rotatable bonds is 4. The first-order valence-electron chi connectivity index (χ1n) is 4.26. The van der Waals surface area contributed by atoms with E-state index in [0.717, 1.165) is 12.0 Å². The fourth-order valence-corrected chi connectivity index (χ4v) is 1.35. The molecule has 0 fully saturated rings. The summed E-state index contributed by atoms with van der Waals surface area (Å²) in [7, 11) is 0. The van der Waals surface area contributed by atoms with Gasteiger partial charge in [-0.25, -0.2) is 0 Å². The number of pyridine rings is 1. The summed E-state index contributed by atoms with van der Waals surface area (Å²) in [6.45, 7) is 2.19. The van der Waals surface area contributed by atoms with Crippen molar-refractivity contribution in [1.29, 1.82) is 0 Å². The standard InChI is InChI=1S/C10H13NS/c1-2-3-4-9-5-6-11-7-10(9)8-12/h5-8H,2-4H2,1H3. The van der Waals surface area contributed by atoms with Crippen LogP contribution in [-0.2, 0) is 6.42 Å². The van der Waals surface area contributed by atoms with Gasteiger partial charge in [0.2, 0.25) is 0 Å². The van der Waals surface area contributed by atoms with Crippen LogP contribution in [0.1, 0.15) is 30.9 Å². The van der Waals surface area contributed by atoms with Gasteiger partial charge in [-0.05, 0) is 24.5 Å². The van der Waals surface area contributed by atoms with Gasteiger partial charge in [0.15, 0.2) is 0 Å². The molecule has 1 aromatic heterocycles. The van der Waals surface area contributed by atoms with Crippen molar-refractivity contribution in [2.24, 2.45) is 0 Å². The van der Waals surface area contributed by atoms with E-state index in [1.54, 1.807) is 5.37 Å². The molecule has 0 aliphatic carbocycles. The Hall–Kier alpha value is -0.760. The third-order valence-electron chi connectivity index (χ3n) is 1.87. The Kier molecular flexibility index (Phi) is 3.88. The molecule has 1 nitrogen and oxygen atoms in total. The smallest absolute Gasteiger partial charge is 0.0351 e. The van der Waals surface area contributed by atoms with Gasteiger partial charge in [0.1, 0.15) is 0 Å². The molecule has 64 valence electrons. The number of hydrogen-bond donors (Lipinski definition) is 0. The minimum Gasteiger partial charge on any atom is -0.264 e. The van der Waals surface area contributed by atoms with Crippen molar-refractivity contribution < 1.29 is 0 Å². The number of aryl methyl sites for hydroxylation is 1. The quantitative estimate of drug-likeness (QED) is 0.659. The maximum Gasteiger partial charge on any atom is 0.0351 e. The van der Waals surface area contributed by atoms with E-state index in [9.17, 15) is 0 Å². The SMILES string of the molecule is CCCCc1ccncc1C=S. The number of aromatic nitrogens is 1. The summed E-state index contributed by atoms with van der Waals surface area (Å²) in [5, 5.41) is 1.71. The summed E-state index contributed by atoms with van der Waals surface area (Å²) < 4.78 is 0. The van der Waals surface area contributed by atoms with Crippen molar-refractivity contribution in [2.75, 3.05) is 0 Å². The van der Waals surface area contributed by atoms with Crippen LogP contribution in [0.4, 0.5) is 0 Å². The third kappa shape index (κ3) is 2.38. The molecule has 0 radical (unpaired) electrons. The van der Waals surface area contributed by atoms with Crippen LogP contribution in [0.2, 0.25) is 0 Å². The summed E-state index contributed by atoms with van der Waals surface area (Å²) >= 11 is 4.89. The van der Waals surface area contributed by atoms with Gasteiger partial charge in [-0.3, -0.25) is 4.98 Å². The Labute approximate surface area is 78.8 Å². The lowest BCUT2D eigenvalue weighted by Crippen LogP contribution is -1.92. The minimum absolute atomic E-state index is 1.10. The topological polar surface area (TPSA) is 12.9 Å². The summed E-state index contributed by atoms with van der Waals surface area (Å²) in [6, 6.07) is 2.05. The highest BCUT2D eigenvalue weighted by Gasteiger charge is 1.97. The molecular formula is C10H13NS. The normalized spacial score (nSPS) is 9.75. The predicted octanol–water partition coefficient (Wildman–Crippen LogP) is 2.77. The van der Waals surface area contributed by atoms with Crippen LogP contribution in [-0.4, -0.2) is 10.4 Å². The molecule has 12 heavy (non-hydrogen) atoms. The first-order valence-corrected chi connectivity index (χ1v) is 4.73. The van der Waals surface area contributed by atoms with Crippen LogP contribution >= 0.6 is 12.2 Å². The zero-order chi connectivity index (χ0) is 8.81. The van der Waals surface area contributed by atoms with Crippen LogP contribution in [0.15, 0.2) is 18.5 Å². The second-order valence-corrected chi connectivity index (χ2v) is 3.03. The number of nitrogens with zero attached hydrogens (tertiary/aromatic N) is 1. The number of hydrogen-bond acceptors (Lipinski definition) is 2. The summed E-state index contributed by atoms with van der Waals surface area (Å²) in [5.74, 6) is 0. The van der Waals surface area contributed by atoms with Crippen molar-refractivity contribution >= 4 is 17.6 Å². The largest absolute Gasteiger partial charge is 0.264 e. The fraction of sp³-hybridized carbons (Fsp3) is 0.400. The van der Waals surface area contributed by atoms with Gasteiger partial charge < -0.3 is 0 Å². The molecule has 2 heteroatoms. The lowest BCUT2D eigenvalue weighted by Gasteiger charge is -2.02. The van der Waals surface area contributed by atoms with Crippen molar-refractivity contribution in [1.82, 2.24) is 4.98 Å². The molecule has 0 unspecified atom stereocenters. The highest BCUT2D eigenvalue weighted by atomic mass is 32.1. The fourth-order valence-electron chi connectivity index (χ4n) is 1.14. The van der Waals surface area contributed by atoms with Crippen LogP contribution in [0, 0.1) is 0 Å². The van der Waals surface area contributed by atoms with Gasteiger partial charge in [0, 0.05) is 23.3 Å². The predicted molar refractivity (Wildman–Crippen MR) is 55.6 cm³/mol. The molecule has 1 heterocycles. The molecular weight excluding hydrogens is 166 g/mol. The maximum atomic E-state index is 4.89. The molecule has 0 aliphatic heterocycles. The summed E-state index contributed by atoms with van der Waals surface area (Å²) in [5.41, 5.74) is 2.42. The lowest BCUT2D eigenvalue weighted by atomic mass is 10.1. The maximum absolute atomic E-state index is 4.89. The van der Waals surface area contributed by atoms with Gasteiger partial charge in [-0.1, -0.05) is 25.6 Å². The highest BCUT2D eigenvalue weighted by Crippen LogP contribution is 2.08. The molecule has 0 saturated heterocycles. The Balaban J connectivity index is 2.75. The van der Waals surface area contributed by atoms with Crippen molar-refractivity contribution in [3.05, 3.63) is 29.6 Å². The average Bonchev–Trinajstić information content (AvgIpc) is 2.15. The van der Waals surface area contributed by atoms with E-state index in [0.29, 0.717) is 0 Å². The van der Waals surface area contributed by atoms with Gasteiger partial charge in [-0.2, -0.15) is 0 Å². The molecule has 0 amide bonds. The van der Waals surface area contributed by atoms with E-state index in [1.165, 1.54) is 18.4 Å². The van der Waals surface area contributed by atoms with Crippen molar-refractivity contribution in [3.8, 4) is 0 Å². The van der Waals surface area contributed by atoms with E-state index < -0.39 is 0 Å². The van der Waals surface area contributed by atoms with Crippen LogP contribution in [0.25, 0.3) is 0 Å². The molecule has 0 bridgehead atoms. The molecule has 1 aromatic rings. The Morgan fingerprint density at radius 2 is 2.42 bits per heavy atom. The first kappa shape index (κ1) is 9.33. The molecule has 0 saturated carbocycles. The van der Waals surface area contributed by atoms with Gasteiger partial charge in [0.25, 0.3) is 0 Å². The zero-order valence-electron chi connectivity index (χ0n) is 7.29. The van der Waals surface area contributed by atoms with Crippen LogP contribution in [0.5, 0.6) is 0 Å². The van der Waals surface area contributed by atoms with Gasteiger partial charge in [0.05, 0.1) is 0 Å². The Morgan fingerprint density at radius 1 is 1.58 bits per heavy atom. The lowest BCUT2D eigenvalue weighted by molar-refractivity contribution is 0.793. The highest BCUT2D eigenvalue weighted by molar-refractivity contribution is 7.79. The molecule has 0 aromatic carbocycles. The zero-order valence-corrected chi connectivity index (χ0v) is 8.10. The third-order valence-corrected chi connectivity index (χ3v) is 2.13. The second-order valence-electron chi connectivity index (χ2n) is 2.80. The van der Waals surface area contributed by atoms with Crippen molar-refractivity contribution in [2.45, 2.75) is 26.2 Å². The van der Waals surface area contributed by atoms with E-state index in [1.807, 2.05) is 18.5 Å². The van der Waals surface area contributed by atoms with Gasteiger partial charge >= 0.3 is 0 Å². The molecule has 1 rings (SSSR count). The first-order chi connectivity index (χ1) is 5.88. The Morgan fingerprint density at radius 3 is 3.08 bits per heavy atom. The van der Waals surface area contributed by atoms with E-state index in [4.69, 9.17) is 12.2 Å². The van der Waals surface area contributed by atoms with E-state index in [2.05, 4.69) is 11.9 Å². The second kappa shape index (κ2) is 4.99. The molecule has 0 spiro atoms. The molecule has 0 aliphatic rings. The number of thiocarbonyl (C=S) groups is 1. The summed E-state index contributed by atoms with van der Waals surface area (Å²) in [6.07, 6.45) is 7.21. The van der Waals surface area contributed by atoms with Gasteiger partial charge in [-0.15, -0.1) is 0 Å². The van der Waals surface area contributed by atoms with Crippen LogP contribution in [0.3, 0.4) is 0 Å². The average molecular weight is 179 g/mol. The Bertz CT molecular complexity index is 258. The van der Waals surface area contributed by atoms with Crippen LogP contribution < -0.4 is 0 Å². The minimum atomic E-state index is 1.10. The molecule has 0 N–H and O–H groups in total. The monoisotopic (exact) mass is 179 g/mol. The number of unbranched alkanes of at least 4 members (excludes halogenated alkanes) is 1. The van der Waals surface area contributed by atoms with E-state index >= 15 is 0 Å². The van der Waals surface area contributed by atoms with E-state index in [-0.39, 0.29) is 0 Å². The van der Waals surface area contributed by atoms with Crippen molar-refractivity contribution in [3.63, 3.8) is 0 Å².